The Hall–Kier alpha value is -2.95. The molecule has 3 fully saturated rings. The molecular weight excluding hydrogens is 388 g/mol. The summed E-state index contributed by atoms with van der Waals surface area (Å²) in [5.74, 6) is -0.00745. The Morgan fingerprint density at radius 2 is 1.52 bits per heavy atom. The number of hydrogen-bond acceptors (Lipinski definition) is 3. The van der Waals surface area contributed by atoms with Crippen LogP contribution in [-0.4, -0.2) is 17.7 Å². The van der Waals surface area contributed by atoms with E-state index in [0.717, 1.165) is 48.9 Å². The van der Waals surface area contributed by atoms with Crippen molar-refractivity contribution >= 4 is 29.1 Å². The van der Waals surface area contributed by atoms with E-state index in [0.29, 0.717) is 23.1 Å². The van der Waals surface area contributed by atoms with E-state index in [2.05, 4.69) is 19.2 Å². The smallest absolute Gasteiger partial charge is 0.255 e. The van der Waals surface area contributed by atoms with E-state index in [1.807, 2.05) is 18.2 Å². The number of rotatable bonds is 5. The van der Waals surface area contributed by atoms with Crippen LogP contribution < -0.4 is 10.2 Å². The number of aryl methyl sites for hydroxylation is 2. The van der Waals surface area contributed by atoms with Gasteiger partial charge in [0.1, 0.15) is 0 Å². The van der Waals surface area contributed by atoms with Crippen LogP contribution in [0.25, 0.3) is 0 Å². The van der Waals surface area contributed by atoms with E-state index in [1.165, 1.54) is 4.90 Å². The van der Waals surface area contributed by atoms with Gasteiger partial charge in [0, 0.05) is 11.3 Å². The van der Waals surface area contributed by atoms with Crippen LogP contribution in [0.4, 0.5) is 11.4 Å². The molecule has 1 N–H and O–H groups in total. The molecule has 3 amide bonds. The Labute approximate surface area is 182 Å². The number of benzene rings is 2. The van der Waals surface area contributed by atoms with Crippen molar-refractivity contribution in [2.24, 2.45) is 23.7 Å². The molecule has 0 radical (unpaired) electrons. The van der Waals surface area contributed by atoms with Crippen molar-refractivity contribution in [1.29, 1.82) is 0 Å². The third-order valence-corrected chi connectivity index (χ3v) is 7.53. The zero-order valence-electron chi connectivity index (χ0n) is 18.1. The predicted octanol–water partition coefficient (Wildman–Crippen LogP) is 4.60. The van der Waals surface area contributed by atoms with Crippen molar-refractivity contribution in [2.45, 2.75) is 46.0 Å². The van der Waals surface area contributed by atoms with Crippen molar-refractivity contribution in [1.82, 2.24) is 0 Å². The number of nitrogens with zero attached hydrogens (tertiary/aromatic N) is 1. The number of amides is 3. The summed E-state index contributed by atoms with van der Waals surface area (Å²) in [6, 6.07) is 13.0. The lowest BCUT2D eigenvalue weighted by Gasteiger charge is -2.19. The van der Waals surface area contributed by atoms with Gasteiger partial charge >= 0.3 is 0 Å². The van der Waals surface area contributed by atoms with E-state index in [-0.39, 0.29) is 29.6 Å². The topological polar surface area (TPSA) is 66.5 Å². The van der Waals surface area contributed by atoms with Crippen LogP contribution >= 0.6 is 0 Å². The zero-order valence-corrected chi connectivity index (χ0v) is 18.1. The summed E-state index contributed by atoms with van der Waals surface area (Å²) in [4.78, 5) is 40.7. The van der Waals surface area contributed by atoms with E-state index < -0.39 is 0 Å². The van der Waals surface area contributed by atoms with Gasteiger partial charge in [0.15, 0.2) is 0 Å². The second-order valence-corrected chi connectivity index (χ2v) is 9.06. The van der Waals surface area contributed by atoms with Gasteiger partial charge in [0.25, 0.3) is 5.91 Å². The highest BCUT2D eigenvalue weighted by Gasteiger charge is 2.61. The molecule has 2 aromatic carbocycles. The minimum absolute atomic E-state index is 0.0793. The minimum Gasteiger partial charge on any atom is -0.321 e. The molecule has 2 saturated carbocycles. The molecular formula is C26H28N2O3. The summed E-state index contributed by atoms with van der Waals surface area (Å²) in [5.41, 5.74) is 4.01. The molecule has 160 valence electrons. The maximum Gasteiger partial charge on any atom is 0.255 e. The first-order valence-electron chi connectivity index (χ1n) is 11.4. The lowest BCUT2D eigenvalue weighted by Crippen LogP contribution is -2.33. The van der Waals surface area contributed by atoms with Gasteiger partial charge in [-0.15, -0.1) is 0 Å². The van der Waals surface area contributed by atoms with Gasteiger partial charge in [-0.25, -0.2) is 0 Å². The number of hydrogen-bond donors (Lipinski definition) is 1. The average molecular weight is 417 g/mol. The fourth-order valence-corrected chi connectivity index (χ4v) is 6.04. The van der Waals surface area contributed by atoms with Gasteiger partial charge in [-0.2, -0.15) is 0 Å². The Morgan fingerprint density at radius 1 is 0.935 bits per heavy atom. The number of carbonyl (C=O) groups excluding carboxylic acids is 3. The lowest BCUT2D eigenvalue weighted by atomic mass is 9.81. The van der Waals surface area contributed by atoms with Gasteiger partial charge in [0.2, 0.25) is 11.8 Å². The fraction of sp³-hybridized carbons (Fsp3) is 0.423. The first-order valence-corrected chi connectivity index (χ1v) is 11.4. The molecule has 1 aliphatic heterocycles. The average Bonchev–Trinajstić information content (AvgIpc) is 3.47. The first kappa shape index (κ1) is 20.0. The van der Waals surface area contributed by atoms with Gasteiger partial charge in [-0.3, -0.25) is 19.3 Å². The van der Waals surface area contributed by atoms with E-state index in [4.69, 9.17) is 0 Å². The van der Waals surface area contributed by atoms with Gasteiger partial charge in [0.05, 0.1) is 17.5 Å². The molecule has 5 nitrogen and oxygen atoms in total. The Kier molecular flexibility index (Phi) is 4.92. The van der Waals surface area contributed by atoms with E-state index >= 15 is 0 Å². The second kappa shape index (κ2) is 7.63. The monoisotopic (exact) mass is 416 g/mol. The quantitative estimate of drug-likeness (QED) is 0.725. The van der Waals surface area contributed by atoms with Crippen molar-refractivity contribution in [3.8, 4) is 0 Å². The van der Waals surface area contributed by atoms with Crippen LogP contribution in [0.15, 0.2) is 42.5 Å². The molecule has 3 aliphatic rings. The molecule has 1 heterocycles. The minimum atomic E-state index is -0.225. The number of nitrogens with one attached hydrogen (secondary N) is 1. The maximum absolute atomic E-state index is 13.1. The molecule has 5 heteroatoms. The Balaban J connectivity index is 1.42. The standard InChI is InChI=1S/C26H28N2O3/c1-3-15-7-5-8-16(4-2)23(15)27-24(29)19-9-6-10-20(14-19)28-25(30)21-17-11-12-18(13-17)22(21)26(28)31/h5-10,14,17-18,21-22H,3-4,11-13H2,1-2H3,(H,27,29)/t17-,18-,21-,22-/m0/s1. The molecule has 2 bridgehead atoms. The highest BCUT2D eigenvalue weighted by atomic mass is 16.2. The van der Waals surface area contributed by atoms with Gasteiger partial charge in [-0.05, 0) is 73.3 Å². The third kappa shape index (κ3) is 3.10. The van der Waals surface area contributed by atoms with Crippen molar-refractivity contribution in [3.63, 3.8) is 0 Å². The molecule has 1 saturated heterocycles. The number of fused-ring (bicyclic) bond motifs is 5. The summed E-state index contributed by atoms with van der Waals surface area (Å²) in [6.45, 7) is 4.14. The first-order chi connectivity index (χ1) is 15.0. The number of imide groups is 1. The molecule has 5 rings (SSSR count). The maximum atomic E-state index is 13.1. The fourth-order valence-electron chi connectivity index (χ4n) is 6.04. The van der Waals surface area contributed by atoms with Crippen molar-refractivity contribution < 1.29 is 14.4 Å². The molecule has 31 heavy (non-hydrogen) atoms. The van der Waals surface area contributed by atoms with Gasteiger partial charge in [-0.1, -0.05) is 38.1 Å². The predicted molar refractivity (Wildman–Crippen MR) is 120 cm³/mol. The highest BCUT2D eigenvalue weighted by Crippen LogP contribution is 2.56. The summed E-state index contributed by atoms with van der Waals surface area (Å²) < 4.78 is 0. The molecule has 2 aromatic rings. The normalized spacial score (nSPS) is 26.5. The number of anilines is 2. The summed E-state index contributed by atoms with van der Waals surface area (Å²) in [7, 11) is 0. The SMILES string of the molecule is CCc1cccc(CC)c1NC(=O)c1cccc(N2C(=O)[C@H]3[C@H]4CC[C@@H](C4)[C@@H]3C2=O)c1. The summed E-state index contributed by atoms with van der Waals surface area (Å²) >= 11 is 0. The Bertz CT molecular complexity index is 1030. The molecule has 2 aliphatic carbocycles. The Morgan fingerprint density at radius 3 is 2.10 bits per heavy atom. The van der Waals surface area contributed by atoms with E-state index in [1.54, 1.807) is 24.3 Å². The lowest BCUT2D eigenvalue weighted by molar-refractivity contribution is -0.123. The highest BCUT2D eigenvalue weighted by molar-refractivity contribution is 6.23. The van der Waals surface area contributed by atoms with Crippen LogP contribution in [-0.2, 0) is 22.4 Å². The van der Waals surface area contributed by atoms with Crippen LogP contribution in [0, 0.1) is 23.7 Å². The molecule has 0 spiro atoms. The van der Waals surface area contributed by atoms with Crippen LogP contribution in [0.3, 0.4) is 0 Å². The molecule has 0 aromatic heterocycles. The number of para-hydroxylation sites is 1. The molecule has 4 atom stereocenters. The summed E-state index contributed by atoms with van der Waals surface area (Å²) in [6.07, 6.45) is 4.77. The van der Waals surface area contributed by atoms with Crippen LogP contribution in [0.1, 0.15) is 54.6 Å². The third-order valence-electron chi connectivity index (χ3n) is 7.53. The van der Waals surface area contributed by atoms with Crippen LogP contribution in [0.5, 0.6) is 0 Å². The summed E-state index contributed by atoms with van der Waals surface area (Å²) in [5, 5.41) is 3.07. The largest absolute Gasteiger partial charge is 0.321 e. The second-order valence-electron chi connectivity index (χ2n) is 9.06. The molecule has 0 unspecified atom stereocenters. The van der Waals surface area contributed by atoms with Crippen LogP contribution in [0.2, 0.25) is 0 Å². The zero-order chi connectivity index (χ0) is 21.7. The number of carbonyl (C=O) groups is 3. The van der Waals surface area contributed by atoms with Crippen molar-refractivity contribution in [2.75, 3.05) is 10.2 Å². The van der Waals surface area contributed by atoms with E-state index in [9.17, 15) is 14.4 Å². The van der Waals surface area contributed by atoms with Crippen molar-refractivity contribution in [3.05, 3.63) is 59.2 Å². The van der Waals surface area contributed by atoms with Gasteiger partial charge < -0.3 is 5.32 Å².